The van der Waals surface area contributed by atoms with Gasteiger partial charge in [0.15, 0.2) is 0 Å². The van der Waals surface area contributed by atoms with Crippen LogP contribution in [0, 0.1) is 0 Å². The summed E-state index contributed by atoms with van der Waals surface area (Å²) in [6, 6.07) is 5.81. The summed E-state index contributed by atoms with van der Waals surface area (Å²) in [7, 11) is 0. The van der Waals surface area contributed by atoms with Crippen molar-refractivity contribution in [1.82, 2.24) is 0 Å². The van der Waals surface area contributed by atoms with Gasteiger partial charge in [-0.05, 0) is 31.0 Å². The quantitative estimate of drug-likeness (QED) is 0.522. The van der Waals surface area contributed by atoms with Gasteiger partial charge in [0.25, 0.3) is 0 Å². The fourth-order valence-corrected chi connectivity index (χ4v) is 2.68. The number of hydrogen-bond donors (Lipinski definition) is 1. The molecule has 1 aromatic rings. The fourth-order valence-electron chi connectivity index (χ4n) is 2.33. The van der Waals surface area contributed by atoms with Gasteiger partial charge in [0, 0.05) is 13.1 Å². The van der Waals surface area contributed by atoms with E-state index in [9.17, 15) is 0 Å². The third-order valence-electron chi connectivity index (χ3n) is 3.29. The topological polar surface area (TPSA) is 41.6 Å². The summed E-state index contributed by atoms with van der Waals surface area (Å²) in [5.74, 6) is 0.631. The molecule has 0 radical (unpaired) electrons. The highest BCUT2D eigenvalue weighted by Crippen LogP contribution is 2.31. The summed E-state index contributed by atoms with van der Waals surface area (Å²) < 4.78 is 0. The first kappa shape index (κ1) is 14.5. The lowest BCUT2D eigenvalue weighted by atomic mass is 10.2. The largest absolute Gasteiger partial charge is 0.386 e. The summed E-state index contributed by atoms with van der Waals surface area (Å²) in [6.45, 7) is 2.15. The van der Waals surface area contributed by atoms with Crippen LogP contribution >= 0.6 is 23.2 Å². The van der Waals surface area contributed by atoms with E-state index in [1.54, 1.807) is 0 Å². The van der Waals surface area contributed by atoms with Gasteiger partial charge in [-0.3, -0.25) is 0 Å². The van der Waals surface area contributed by atoms with Crippen LogP contribution < -0.4 is 10.6 Å². The zero-order valence-corrected chi connectivity index (χ0v) is 12.4. The number of nitrogens with zero attached hydrogens (tertiary/aromatic N) is 2. The number of aliphatic imine (C=N–C) groups is 1. The van der Waals surface area contributed by atoms with E-state index >= 15 is 0 Å². The number of rotatable bonds is 3. The van der Waals surface area contributed by atoms with E-state index < -0.39 is 0 Å². The van der Waals surface area contributed by atoms with Crippen molar-refractivity contribution in [2.24, 2.45) is 10.7 Å². The zero-order chi connectivity index (χ0) is 13.7. The molecule has 0 amide bonds. The predicted molar refractivity (Wildman–Crippen MR) is 84.1 cm³/mol. The standard InChI is InChI=1S/C14H19Cl2N3/c15-10-14(17)18-11-5-6-13(12(16)9-11)19-7-3-1-2-4-8-19/h5-6,9H,1-4,7-8,10H2,(H2,17,18). The zero-order valence-electron chi connectivity index (χ0n) is 10.9. The fraction of sp³-hybridized carbons (Fsp3) is 0.500. The number of halogens is 2. The molecule has 0 bridgehead atoms. The molecule has 1 aliphatic heterocycles. The minimum atomic E-state index is 0.228. The Morgan fingerprint density at radius 2 is 1.89 bits per heavy atom. The molecule has 1 aliphatic rings. The van der Waals surface area contributed by atoms with Crippen LogP contribution in [-0.2, 0) is 0 Å². The first-order valence-electron chi connectivity index (χ1n) is 6.64. The molecule has 2 rings (SSSR count). The van der Waals surface area contributed by atoms with Crippen molar-refractivity contribution in [2.75, 3.05) is 23.9 Å². The van der Waals surface area contributed by atoms with Gasteiger partial charge in [0.2, 0.25) is 0 Å². The first-order valence-corrected chi connectivity index (χ1v) is 7.55. The lowest BCUT2D eigenvalue weighted by Gasteiger charge is -2.23. The van der Waals surface area contributed by atoms with Crippen LogP contribution in [0.4, 0.5) is 11.4 Å². The van der Waals surface area contributed by atoms with E-state index in [2.05, 4.69) is 9.89 Å². The van der Waals surface area contributed by atoms with Crippen molar-refractivity contribution >= 4 is 40.4 Å². The normalized spacial score (nSPS) is 17.4. The highest BCUT2D eigenvalue weighted by Gasteiger charge is 2.13. The van der Waals surface area contributed by atoms with Crippen LogP contribution in [0.3, 0.4) is 0 Å². The molecule has 0 unspecified atom stereocenters. The summed E-state index contributed by atoms with van der Waals surface area (Å²) in [5, 5.41) is 0.727. The molecule has 0 aromatic heterocycles. The Hall–Kier alpha value is -0.930. The van der Waals surface area contributed by atoms with Gasteiger partial charge in [-0.1, -0.05) is 24.4 Å². The molecule has 0 spiro atoms. The van der Waals surface area contributed by atoms with Crippen molar-refractivity contribution in [2.45, 2.75) is 25.7 Å². The van der Waals surface area contributed by atoms with Gasteiger partial charge < -0.3 is 10.6 Å². The lowest BCUT2D eigenvalue weighted by molar-refractivity contribution is 0.726. The molecule has 2 N–H and O–H groups in total. The van der Waals surface area contributed by atoms with E-state index in [1.165, 1.54) is 25.7 Å². The van der Waals surface area contributed by atoms with E-state index in [1.807, 2.05) is 18.2 Å². The van der Waals surface area contributed by atoms with Crippen molar-refractivity contribution in [3.05, 3.63) is 23.2 Å². The smallest absolute Gasteiger partial charge is 0.115 e. The van der Waals surface area contributed by atoms with Crippen LogP contribution in [0.25, 0.3) is 0 Å². The van der Waals surface area contributed by atoms with Gasteiger partial charge in [-0.15, -0.1) is 11.6 Å². The van der Waals surface area contributed by atoms with Gasteiger partial charge in [-0.25, -0.2) is 4.99 Å². The maximum Gasteiger partial charge on any atom is 0.115 e. The number of amidine groups is 1. The van der Waals surface area contributed by atoms with Gasteiger partial charge in [0.1, 0.15) is 5.84 Å². The number of anilines is 1. The maximum absolute atomic E-state index is 6.36. The SMILES string of the molecule is NC(CCl)=Nc1ccc(N2CCCCCC2)c(Cl)c1. The molecule has 5 heteroatoms. The summed E-state index contributed by atoms with van der Waals surface area (Å²) in [4.78, 5) is 6.56. The van der Waals surface area contributed by atoms with Crippen LogP contribution in [0.1, 0.15) is 25.7 Å². The van der Waals surface area contributed by atoms with Crippen molar-refractivity contribution in [3.63, 3.8) is 0 Å². The van der Waals surface area contributed by atoms with Gasteiger partial charge in [-0.2, -0.15) is 0 Å². The molecule has 1 fully saturated rings. The Morgan fingerprint density at radius 3 is 2.47 bits per heavy atom. The summed E-state index contributed by atoms with van der Waals surface area (Å²) in [6.07, 6.45) is 5.08. The number of hydrogen-bond acceptors (Lipinski definition) is 2. The third kappa shape index (κ3) is 4.02. The maximum atomic E-state index is 6.36. The Labute approximate surface area is 124 Å². The molecule has 0 aliphatic carbocycles. The van der Waals surface area contributed by atoms with Crippen LogP contribution in [-0.4, -0.2) is 24.8 Å². The first-order chi connectivity index (χ1) is 9.20. The van der Waals surface area contributed by atoms with E-state index in [0.29, 0.717) is 5.84 Å². The second kappa shape index (κ2) is 7.01. The summed E-state index contributed by atoms with van der Waals surface area (Å²) >= 11 is 12.0. The lowest BCUT2D eigenvalue weighted by Crippen LogP contribution is -2.24. The van der Waals surface area contributed by atoms with Crippen molar-refractivity contribution < 1.29 is 0 Å². The van der Waals surface area contributed by atoms with Crippen molar-refractivity contribution in [1.29, 1.82) is 0 Å². The monoisotopic (exact) mass is 299 g/mol. The van der Waals surface area contributed by atoms with E-state index in [-0.39, 0.29) is 5.88 Å². The van der Waals surface area contributed by atoms with Gasteiger partial charge >= 0.3 is 0 Å². The molecular weight excluding hydrogens is 281 g/mol. The highest BCUT2D eigenvalue weighted by molar-refractivity contribution is 6.33. The molecule has 1 heterocycles. The molecule has 1 saturated heterocycles. The summed E-state index contributed by atoms with van der Waals surface area (Å²) in [5.41, 5.74) is 7.46. The second-order valence-electron chi connectivity index (χ2n) is 4.77. The molecular formula is C14H19Cl2N3. The Morgan fingerprint density at radius 1 is 1.21 bits per heavy atom. The highest BCUT2D eigenvalue weighted by atomic mass is 35.5. The van der Waals surface area contributed by atoms with Crippen LogP contribution in [0.15, 0.2) is 23.2 Å². The molecule has 19 heavy (non-hydrogen) atoms. The van der Waals surface area contributed by atoms with Crippen LogP contribution in [0.5, 0.6) is 0 Å². The number of alkyl halides is 1. The number of nitrogens with two attached hydrogens (primary N) is 1. The number of benzene rings is 1. The van der Waals surface area contributed by atoms with Crippen LogP contribution in [0.2, 0.25) is 5.02 Å². The predicted octanol–water partition coefficient (Wildman–Crippen LogP) is 3.95. The minimum Gasteiger partial charge on any atom is -0.386 e. The Bertz CT molecular complexity index is 452. The minimum absolute atomic E-state index is 0.228. The average Bonchev–Trinajstić information content (AvgIpc) is 2.67. The molecule has 0 saturated carbocycles. The van der Waals surface area contributed by atoms with E-state index in [0.717, 1.165) is 29.5 Å². The van der Waals surface area contributed by atoms with Gasteiger partial charge in [0.05, 0.1) is 22.3 Å². The second-order valence-corrected chi connectivity index (χ2v) is 5.45. The van der Waals surface area contributed by atoms with Crippen molar-refractivity contribution in [3.8, 4) is 0 Å². The third-order valence-corrected chi connectivity index (χ3v) is 3.86. The Kier molecular flexibility index (Phi) is 5.34. The molecule has 1 aromatic carbocycles. The molecule has 3 nitrogen and oxygen atoms in total. The average molecular weight is 300 g/mol. The molecule has 104 valence electrons. The Balaban J connectivity index is 2.18. The molecule has 0 atom stereocenters. The van der Waals surface area contributed by atoms with E-state index in [4.69, 9.17) is 28.9 Å².